The van der Waals surface area contributed by atoms with E-state index in [4.69, 9.17) is 21.1 Å². The third-order valence-electron chi connectivity index (χ3n) is 6.45. The highest BCUT2D eigenvalue weighted by Crippen LogP contribution is 2.29. The Balaban J connectivity index is 1.54. The molecule has 0 spiro atoms. The van der Waals surface area contributed by atoms with Crippen LogP contribution in [0.3, 0.4) is 0 Å². The molecule has 0 atom stereocenters. The van der Waals surface area contributed by atoms with E-state index in [2.05, 4.69) is 0 Å². The number of nitrogens with zero attached hydrogens (tertiary/aromatic N) is 2. The standard InChI is InChI=1S/C27H24ClFN2O4/c1-34-26(32)19-7-3-6-18(12-19)15-30-23-10-8-20(28)13-24(23)31(27(30)33)21-9-11-25(22(29)14-21)35-16-17-4-2-5-17/h3,6-14,17H,2,4-5,15-16H2,1H3. The second-order valence-corrected chi connectivity index (χ2v) is 9.19. The third kappa shape index (κ3) is 4.56. The number of rotatable bonds is 7. The molecule has 0 aliphatic heterocycles. The van der Waals surface area contributed by atoms with Gasteiger partial charge in [-0.15, -0.1) is 0 Å². The van der Waals surface area contributed by atoms with Gasteiger partial charge in [-0.1, -0.05) is 30.2 Å². The van der Waals surface area contributed by atoms with Crippen molar-refractivity contribution >= 4 is 28.6 Å². The summed E-state index contributed by atoms with van der Waals surface area (Å²) >= 11 is 6.25. The molecular formula is C27H24ClFN2O4. The van der Waals surface area contributed by atoms with Gasteiger partial charge in [0.2, 0.25) is 0 Å². The van der Waals surface area contributed by atoms with Crippen molar-refractivity contribution in [3.63, 3.8) is 0 Å². The van der Waals surface area contributed by atoms with Gasteiger partial charge in [-0.3, -0.25) is 9.13 Å². The van der Waals surface area contributed by atoms with Gasteiger partial charge in [0.05, 0.1) is 42.5 Å². The van der Waals surface area contributed by atoms with Gasteiger partial charge in [-0.25, -0.2) is 14.0 Å². The quantitative estimate of drug-likeness (QED) is 0.314. The van der Waals surface area contributed by atoms with Gasteiger partial charge < -0.3 is 9.47 Å². The minimum atomic E-state index is -0.526. The monoisotopic (exact) mass is 494 g/mol. The molecule has 6 nitrogen and oxygen atoms in total. The molecule has 0 radical (unpaired) electrons. The summed E-state index contributed by atoms with van der Waals surface area (Å²) in [6, 6.07) is 16.6. The number of methoxy groups -OCH3 is 1. The number of aromatic nitrogens is 2. The number of fused-ring (bicyclic) bond motifs is 1. The Morgan fingerprint density at radius 1 is 1.09 bits per heavy atom. The van der Waals surface area contributed by atoms with Crippen LogP contribution in [0.15, 0.2) is 65.5 Å². The first-order valence-corrected chi connectivity index (χ1v) is 11.8. The van der Waals surface area contributed by atoms with Crippen LogP contribution in [0.5, 0.6) is 5.75 Å². The molecule has 1 aliphatic rings. The summed E-state index contributed by atoms with van der Waals surface area (Å²) in [7, 11) is 1.32. The van der Waals surface area contributed by atoms with E-state index in [9.17, 15) is 14.0 Å². The van der Waals surface area contributed by atoms with E-state index < -0.39 is 11.8 Å². The fourth-order valence-electron chi connectivity index (χ4n) is 4.34. The highest BCUT2D eigenvalue weighted by atomic mass is 35.5. The van der Waals surface area contributed by atoms with Crippen molar-refractivity contribution in [2.75, 3.05) is 13.7 Å². The van der Waals surface area contributed by atoms with Crippen molar-refractivity contribution in [2.24, 2.45) is 5.92 Å². The topological polar surface area (TPSA) is 62.5 Å². The molecule has 35 heavy (non-hydrogen) atoms. The van der Waals surface area contributed by atoms with E-state index in [1.807, 2.05) is 6.07 Å². The molecule has 1 heterocycles. The second-order valence-electron chi connectivity index (χ2n) is 8.75. The van der Waals surface area contributed by atoms with Crippen LogP contribution < -0.4 is 10.4 Å². The molecule has 8 heteroatoms. The highest BCUT2D eigenvalue weighted by molar-refractivity contribution is 6.31. The average molecular weight is 495 g/mol. The number of carbonyl (C=O) groups excluding carboxylic acids is 1. The molecular weight excluding hydrogens is 471 g/mol. The summed E-state index contributed by atoms with van der Waals surface area (Å²) in [4.78, 5) is 25.5. The molecule has 0 unspecified atom stereocenters. The zero-order valence-electron chi connectivity index (χ0n) is 19.2. The van der Waals surface area contributed by atoms with Crippen molar-refractivity contribution in [2.45, 2.75) is 25.8 Å². The smallest absolute Gasteiger partial charge is 0.337 e. The molecule has 5 rings (SSSR count). The van der Waals surface area contributed by atoms with Crippen molar-refractivity contribution in [3.8, 4) is 11.4 Å². The van der Waals surface area contributed by atoms with Crippen molar-refractivity contribution in [1.82, 2.24) is 9.13 Å². The fourth-order valence-corrected chi connectivity index (χ4v) is 4.51. The van der Waals surface area contributed by atoms with Crippen LogP contribution in [0.1, 0.15) is 35.2 Å². The number of hydrogen-bond acceptors (Lipinski definition) is 4. The van der Waals surface area contributed by atoms with E-state index in [0.29, 0.717) is 39.8 Å². The number of halogens is 2. The van der Waals surface area contributed by atoms with Crippen LogP contribution in [0, 0.1) is 11.7 Å². The minimum absolute atomic E-state index is 0.176. The second kappa shape index (κ2) is 9.58. The lowest BCUT2D eigenvalue weighted by molar-refractivity contribution is 0.0600. The van der Waals surface area contributed by atoms with Crippen molar-refractivity contribution in [1.29, 1.82) is 0 Å². The highest BCUT2D eigenvalue weighted by Gasteiger charge is 2.20. The average Bonchev–Trinajstić information content (AvgIpc) is 3.09. The van der Waals surface area contributed by atoms with Crippen LogP contribution in [-0.2, 0) is 11.3 Å². The lowest BCUT2D eigenvalue weighted by Gasteiger charge is -2.25. The zero-order valence-corrected chi connectivity index (χ0v) is 19.9. The number of carbonyl (C=O) groups is 1. The SMILES string of the molecule is COC(=O)c1cccc(Cn2c(=O)n(-c3ccc(OCC4CCC4)c(F)c3)c3cc(Cl)ccc32)c1. The summed E-state index contributed by atoms with van der Waals surface area (Å²) < 4.78 is 28.4. The molecule has 4 aromatic rings. The number of hydrogen-bond donors (Lipinski definition) is 0. The summed E-state index contributed by atoms with van der Waals surface area (Å²) in [5.41, 5.74) is 2.34. The van der Waals surface area contributed by atoms with Crippen LogP contribution in [0.4, 0.5) is 4.39 Å². The van der Waals surface area contributed by atoms with E-state index in [0.717, 1.165) is 18.4 Å². The van der Waals surface area contributed by atoms with Crippen LogP contribution in [0.2, 0.25) is 5.02 Å². The molecule has 3 aromatic carbocycles. The molecule has 0 saturated heterocycles. The number of esters is 1. The van der Waals surface area contributed by atoms with E-state index in [1.54, 1.807) is 53.1 Å². The van der Waals surface area contributed by atoms with Crippen molar-refractivity contribution < 1.29 is 18.7 Å². The summed E-state index contributed by atoms with van der Waals surface area (Å²) in [6.45, 7) is 0.704. The van der Waals surface area contributed by atoms with Gasteiger partial charge in [-0.2, -0.15) is 0 Å². The molecule has 1 fully saturated rings. The Bertz CT molecular complexity index is 1470. The van der Waals surface area contributed by atoms with E-state index in [-0.39, 0.29) is 18.0 Å². The molecule has 0 amide bonds. The lowest BCUT2D eigenvalue weighted by atomic mass is 9.86. The molecule has 1 saturated carbocycles. The Morgan fingerprint density at radius 2 is 1.91 bits per heavy atom. The lowest BCUT2D eigenvalue weighted by Crippen LogP contribution is -2.24. The molecule has 1 aromatic heterocycles. The largest absolute Gasteiger partial charge is 0.490 e. The normalized spacial score (nSPS) is 13.6. The number of benzene rings is 3. The molecule has 180 valence electrons. The van der Waals surface area contributed by atoms with Gasteiger partial charge in [0.25, 0.3) is 0 Å². The summed E-state index contributed by atoms with van der Waals surface area (Å²) in [5.74, 6) is -0.324. The maximum atomic E-state index is 14.9. The molecule has 1 aliphatic carbocycles. The Morgan fingerprint density at radius 3 is 2.63 bits per heavy atom. The fraction of sp³-hybridized carbons (Fsp3) is 0.259. The Labute approximate surface area is 206 Å². The Kier molecular flexibility index (Phi) is 6.34. The molecule has 0 bridgehead atoms. The van der Waals surface area contributed by atoms with Gasteiger partial charge in [0.15, 0.2) is 11.6 Å². The zero-order chi connectivity index (χ0) is 24.5. The van der Waals surface area contributed by atoms with Crippen LogP contribution in [0.25, 0.3) is 16.7 Å². The van der Waals surface area contributed by atoms with Crippen LogP contribution >= 0.6 is 11.6 Å². The van der Waals surface area contributed by atoms with Gasteiger partial charge >= 0.3 is 11.7 Å². The van der Waals surface area contributed by atoms with E-state index >= 15 is 0 Å². The Hall–Kier alpha value is -3.58. The van der Waals surface area contributed by atoms with Crippen molar-refractivity contribution in [3.05, 3.63) is 93.1 Å². The number of imidazole rings is 1. The number of ether oxygens (including phenoxy) is 2. The predicted octanol–water partition coefficient (Wildman–Crippen LogP) is 5.60. The predicted molar refractivity (Wildman–Crippen MR) is 132 cm³/mol. The minimum Gasteiger partial charge on any atom is -0.490 e. The summed E-state index contributed by atoms with van der Waals surface area (Å²) in [5, 5.41) is 0.456. The third-order valence-corrected chi connectivity index (χ3v) is 6.69. The first-order valence-electron chi connectivity index (χ1n) is 11.5. The van der Waals surface area contributed by atoms with Crippen LogP contribution in [-0.4, -0.2) is 28.8 Å². The van der Waals surface area contributed by atoms with Gasteiger partial charge in [-0.05, 0) is 66.8 Å². The summed E-state index contributed by atoms with van der Waals surface area (Å²) in [6.07, 6.45) is 3.41. The first kappa shape index (κ1) is 23.2. The maximum absolute atomic E-state index is 14.9. The first-order chi connectivity index (χ1) is 16.9. The molecule has 0 N–H and O–H groups in total. The van der Waals surface area contributed by atoms with Gasteiger partial charge in [0.1, 0.15) is 0 Å². The van der Waals surface area contributed by atoms with E-state index in [1.165, 1.54) is 24.2 Å². The van der Waals surface area contributed by atoms with Gasteiger partial charge in [0, 0.05) is 11.1 Å². The maximum Gasteiger partial charge on any atom is 0.337 e.